The summed E-state index contributed by atoms with van der Waals surface area (Å²) in [6.07, 6.45) is 2.35. The molecule has 0 bridgehead atoms. The quantitative estimate of drug-likeness (QED) is 0.501. The van der Waals surface area contributed by atoms with E-state index in [0.717, 1.165) is 11.6 Å². The molecule has 2 aromatic rings. The smallest absolute Gasteiger partial charge is 0.328 e. The number of rotatable bonds is 5. The molecular formula is C16H14FNO2S. The molecule has 108 valence electrons. The standard InChI is InChI=1S/C16H14FNO2S/c17-13-9-14(18)12(6-7-16(19)20)8-15(13)21-10-11-4-2-1-3-5-11/h1-9H,10,18H2,(H,19,20). The number of carbonyl (C=O) groups is 1. The van der Waals surface area contributed by atoms with Gasteiger partial charge in [0.05, 0.1) is 0 Å². The summed E-state index contributed by atoms with van der Waals surface area (Å²) in [4.78, 5) is 11.0. The second kappa shape index (κ2) is 6.95. The van der Waals surface area contributed by atoms with Crippen LogP contribution >= 0.6 is 11.8 Å². The second-order valence-electron chi connectivity index (χ2n) is 4.36. The first-order chi connectivity index (χ1) is 10.1. The van der Waals surface area contributed by atoms with Gasteiger partial charge in [-0.1, -0.05) is 30.3 Å². The molecule has 0 fully saturated rings. The number of carboxylic acids is 1. The Balaban J connectivity index is 2.19. The van der Waals surface area contributed by atoms with Crippen LogP contribution in [0.4, 0.5) is 10.1 Å². The molecule has 0 spiro atoms. The van der Waals surface area contributed by atoms with Crippen molar-refractivity contribution < 1.29 is 14.3 Å². The van der Waals surface area contributed by atoms with Gasteiger partial charge in [-0.25, -0.2) is 9.18 Å². The van der Waals surface area contributed by atoms with E-state index in [2.05, 4.69) is 0 Å². The summed E-state index contributed by atoms with van der Waals surface area (Å²) in [5.74, 6) is -0.845. The monoisotopic (exact) mass is 303 g/mol. The number of nitrogen functional groups attached to an aromatic ring is 1. The minimum Gasteiger partial charge on any atom is -0.478 e. The van der Waals surface area contributed by atoms with Gasteiger partial charge in [-0.15, -0.1) is 11.8 Å². The van der Waals surface area contributed by atoms with Crippen LogP contribution in [0.2, 0.25) is 0 Å². The normalized spacial score (nSPS) is 10.9. The molecule has 0 aromatic heterocycles. The van der Waals surface area contributed by atoms with E-state index in [1.54, 1.807) is 6.07 Å². The number of aliphatic carboxylic acids is 1. The molecule has 2 aromatic carbocycles. The maximum Gasteiger partial charge on any atom is 0.328 e. The summed E-state index contributed by atoms with van der Waals surface area (Å²) in [5.41, 5.74) is 7.49. The van der Waals surface area contributed by atoms with Crippen LogP contribution in [0, 0.1) is 5.82 Å². The van der Waals surface area contributed by atoms with E-state index in [0.29, 0.717) is 16.2 Å². The highest BCUT2D eigenvalue weighted by Crippen LogP contribution is 2.29. The molecule has 0 saturated carbocycles. The Labute approximate surface area is 126 Å². The van der Waals surface area contributed by atoms with Crippen LogP contribution in [0.1, 0.15) is 11.1 Å². The van der Waals surface area contributed by atoms with Crippen molar-refractivity contribution in [2.24, 2.45) is 0 Å². The van der Waals surface area contributed by atoms with Gasteiger partial charge in [-0.05, 0) is 29.3 Å². The number of hydrogen-bond acceptors (Lipinski definition) is 3. The van der Waals surface area contributed by atoms with Crippen LogP contribution in [0.5, 0.6) is 0 Å². The maximum absolute atomic E-state index is 13.9. The molecule has 0 heterocycles. The van der Waals surface area contributed by atoms with Crippen LogP contribution in [-0.4, -0.2) is 11.1 Å². The summed E-state index contributed by atoms with van der Waals surface area (Å²) in [6, 6.07) is 12.5. The number of benzene rings is 2. The molecule has 0 saturated heterocycles. The SMILES string of the molecule is Nc1cc(F)c(SCc2ccccc2)cc1C=CC(=O)O. The molecule has 0 amide bonds. The molecule has 2 rings (SSSR count). The minimum atomic E-state index is -1.07. The Morgan fingerprint density at radius 3 is 2.67 bits per heavy atom. The largest absolute Gasteiger partial charge is 0.478 e. The van der Waals surface area contributed by atoms with Gasteiger partial charge in [0, 0.05) is 22.4 Å². The number of halogens is 1. The summed E-state index contributed by atoms with van der Waals surface area (Å²) >= 11 is 1.35. The van der Waals surface area contributed by atoms with Crippen LogP contribution in [0.3, 0.4) is 0 Å². The van der Waals surface area contributed by atoms with E-state index in [4.69, 9.17) is 10.8 Å². The van der Waals surface area contributed by atoms with Gasteiger partial charge in [0.1, 0.15) is 5.82 Å². The maximum atomic E-state index is 13.9. The number of hydrogen-bond donors (Lipinski definition) is 2. The van der Waals surface area contributed by atoms with Gasteiger partial charge in [0.2, 0.25) is 0 Å². The van der Waals surface area contributed by atoms with Gasteiger partial charge in [-0.2, -0.15) is 0 Å². The first kappa shape index (κ1) is 15.1. The van der Waals surface area contributed by atoms with Crippen LogP contribution in [-0.2, 0) is 10.5 Å². The van der Waals surface area contributed by atoms with Crippen LogP contribution in [0.15, 0.2) is 53.4 Å². The zero-order chi connectivity index (χ0) is 15.2. The third kappa shape index (κ3) is 4.36. The molecule has 3 N–H and O–H groups in total. The van der Waals surface area contributed by atoms with E-state index < -0.39 is 11.8 Å². The van der Waals surface area contributed by atoms with Crippen LogP contribution < -0.4 is 5.73 Å². The fraction of sp³-hybridized carbons (Fsp3) is 0.0625. The lowest BCUT2D eigenvalue weighted by atomic mass is 10.1. The third-order valence-corrected chi connectivity index (χ3v) is 3.88. The van der Waals surface area contributed by atoms with Gasteiger partial charge >= 0.3 is 5.97 Å². The lowest BCUT2D eigenvalue weighted by molar-refractivity contribution is -0.131. The van der Waals surface area contributed by atoms with E-state index >= 15 is 0 Å². The number of carboxylic acid groups (broad SMARTS) is 1. The van der Waals surface area contributed by atoms with E-state index in [1.807, 2.05) is 30.3 Å². The van der Waals surface area contributed by atoms with E-state index in [1.165, 1.54) is 23.9 Å². The predicted molar refractivity (Wildman–Crippen MR) is 83.5 cm³/mol. The number of anilines is 1. The molecule has 0 aliphatic carbocycles. The summed E-state index contributed by atoms with van der Waals surface area (Å²) < 4.78 is 13.9. The fourth-order valence-electron chi connectivity index (χ4n) is 1.74. The van der Waals surface area contributed by atoms with Gasteiger partial charge < -0.3 is 10.8 Å². The van der Waals surface area contributed by atoms with Crippen molar-refractivity contribution in [3.8, 4) is 0 Å². The molecule has 21 heavy (non-hydrogen) atoms. The highest BCUT2D eigenvalue weighted by molar-refractivity contribution is 7.98. The van der Waals surface area contributed by atoms with Crippen molar-refractivity contribution in [3.63, 3.8) is 0 Å². The molecule has 0 unspecified atom stereocenters. The van der Waals surface area contributed by atoms with Gasteiger partial charge in [0.15, 0.2) is 0 Å². The van der Waals surface area contributed by atoms with Gasteiger partial charge in [-0.3, -0.25) is 0 Å². The van der Waals surface area contributed by atoms with Crippen molar-refractivity contribution in [2.45, 2.75) is 10.6 Å². The zero-order valence-corrected chi connectivity index (χ0v) is 11.9. The fourth-order valence-corrected chi connectivity index (χ4v) is 2.66. The van der Waals surface area contributed by atoms with Crippen molar-refractivity contribution >= 4 is 29.5 Å². The Kier molecular flexibility index (Phi) is 5.00. The molecule has 0 radical (unpaired) electrons. The minimum absolute atomic E-state index is 0.217. The molecule has 0 aliphatic rings. The lowest BCUT2D eigenvalue weighted by Crippen LogP contribution is -1.94. The average Bonchev–Trinajstić information content (AvgIpc) is 2.46. The Morgan fingerprint density at radius 2 is 2.00 bits per heavy atom. The average molecular weight is 303 g/mol. The highest BCUT2D eigenvalue weighted by atomic mass is 32.2. The number of nitrogens with two attached hydrogens (primary N) is 1. The van der Waals surface area contributed by atoms with E-state index in [9.17, 15) is 9.18 Å². The zero-order valence-electron chi connectivity index (χ0n) is 11.1. The summed E-state index contributed by atoms with van der Waals surface area (Å²) in [7, 11) is 0. The first-order valence-electron chi connectivity index (χ1n) is 6.23. The molecule has 0 aliphatic heterocycles. The van der Waals surface area contributed by atoms with Crippen LogP contribution in [0.25, 0.3) is 6.08 Å². The van der Waals surface area contributed by atoms with Crippen molar-refractivity contribution in [3.05, 3.63) is 65.5 Å². The number of thioether (sulfide) groups is 1. The van der Waals surface area contributed by atoms with Crippen molar-refractivity contribution in [1.82, 2.24) is 0 Å². The van der Waals surface area contributed by atoms with Gasteiger partial charge in [0.25, 0.3) is 0 Å². The van der Waals surface area contributed by atoms with E-state index in [-0.39, 0.29) is 5.69 Å². The lowest BCUT2D eigenvalue weighted by Gasteiger charge is -2.07. The predicted octanol–water partition coefficient (Wildman–Crippen LogP) is 3.80. The molecule has 5 heteroatoms. The Hall–Kier alpha value is -2.27. The third-order valence-electron chi connectivity index (χ3n) is 2.78. The summed E-state index contributed by atoms with van der Waals surface area (Å²) in [6.45, 7) is 0. The molecule has 0 atom stereocenters. The van der Waals surface area contributed by atoms with Crippen molar-refractivity contribution in [1.29, 1.82) is 0 Å². The topological polar surface area (TPSA) is 63.3 Å². The first-order valence-corrected chi connectivity index (χ1v) is 7.21. The highest BCUT2D eigenvalue weighted by Gasteiger charge is 2.08. The Bertz CT molecular complexity index is 671. The second-order valence-corrected chi connectivity index (χ2v) is 5.37. The molecule has 3 nitrogen and oxygen atoms in total. The Morgan fingerprint density at radius 1 is 1.29 bits per heavy atom. The molecular weight excluding hydrogens is 289 g/mol. The summed E-state index contributed by atoms with van der Waals surface area (Å²) in [5, 5.41) is 8.63. The van der Waals surface area contributed by atoms with Crippen molar-refractivity contribution in [2.75, 3.05) is 5.73 Å².